The molecule has 0 aliphatic rings. The number of unbranched alkanes of at least 4 members (excludes halogenated alkanes) is 54. The SMILES string of the molecule is CCCCCC/C=C\C/C=C\CCCCCCCC(=O)OCCCCCCCCCCCCCC/C=C\CCCCCCCCCCCCCCCCCCCC(=O)NC(CO)C(O)/C=C/CCCCCCCCCCCCCCCCCC. The number of aliphatic hydroxyl groups is 2. The Bertz CT molecular complexity index is 1400. The van der Waals surface area contributed by atoms with E-state index >= 15 is 0 Å². The molecule has 84 heavy (non-hydrogen) atoms. The summed E-state index contributed by atoms with van der Waals surface area (Å²) in [5.41, 5.74) is 0. The van der Waals surface area contributed by atoms with Crippen molar-refractivity contribution in [2.75, 3.05) is 13.2 Å². The number of amides is 1. The fraction of sp³-hybridized carbons (Fsp3) is 0.872. The van der Waals surface area contributed by atoms with Crippen molar-refractivity contribution < 1.29 is 24.5 Å². The molecule has 6 heteroatoms. The Hall–Kier alpha value is -2.18. The maximum absolute atomic E-state index is 12.5. The Labute approximate surface area is 525 Å². The molecule has 2 atom stereocenters. The average molecular weight is 1180 g/mol. The quantitative estimate of drug-likeness (QED) is 0.0320. The normalized spacial score (nSPS) is 12.8. The van der Waals surface area contributed by atoms with Crippen LogP contribution < -0.4 is 5.32 Å². The Morgan fingerprint density at radius 3 is 0.929 bits per heavy atom. The van der Waals surface area contributed by atoms with E-state index in [9.17, 15) is 19.8 Å². The number of ether oxygens (including phenoxy) is 1. The van der Waals surface area contributed by atoms with Crippen LogP contribution in [0.25, 0.3) is 0 Å². The van der Waals surface area contributed by atoms with Gasteiger partial charge in [-0.3, -0.25) is 9.59 Å². The maximum Gasteiger partial charge on any atom is 0.305 e. The van der Waals surface area contributed by atoms with E-state index in [4.69, 9.17) is 4.74 Å². The van der Waals surface area contributed by atoms with Gasteiger partial charge in [0.2, 0.25) is 5.91 Å². The predicted octanol–water partition coefficient (Wildman–Crippen LogP) is 24.8. The molecule has 0 spiro atoms. The molecule has 0 fully saturated rings. The third-order valence-electron chi connectivity index (χ3n) is 17.6. The first-order valence-electron chi connectivity index (χ1n) is 37.9. The van der Waals surface area contributed by atoms with Crippen LogP contribution in [0, 0.1) is 0 Å². The molecule has 6 nitrogen and oxygen atoms in total. The van der Waals surface area contributed by atoms with Crippen LogP contribution in [0.15, 0.2) is 48.6 Å². The molecule has 494 valence electrons. The van der Waals surface area contributed by atoms with Crippen molar-refractivity contribution in [2.45, 2.75) is 424 Å². The molecule has 2 unspecified atom stereocenters. The average Bonchev–Trinajstić information content (AvgIpc) is 3.51. The van der Waals surface area contributed by atoms with E-state index in [-0.39, 0.29) is 18.5 Å². The van der Waals surface area contributed by atoms with Crippen LogP contribution in [0.3, 0.4) is 0 Å². The van der Waals surface area contributed by atoms with Gasteiger partial charge in [-0.2, -0.15) is 0 Å². The lowest BCUT2D eigenvalue weighted by molar-refractivity contribution is -0.143. The van der Waals surface area contributed by atoms with Crippen molar-refractivity contribution in [1.29, 1.82) is 0 Å². The van der Waals surface area contributed by atoms with Gasteiger partial charge in [-0.15, -0.1) is 0 Å². The number of carbonyl (C=O) groups is 2. The molecule has 1 amide bonds. The zero-order chi connectivity index (χ0) is 60.6. The number of hydrogen-bond donors (Lipinski definition) is 3. The van der Waals surface area contributed by atoms with Crippen LogP contribution in [0.4, 0.5) is 0 Å². The van der Waals surface area contributed by atoms with Gasteiger partial charge >= 0.3 is 5.97 Å². The minimum atomic E-state index is -0.843. The standard InChI is InChI=1S/C78H147NO5/c1-3-5-7-9-11-13-15-17-19-21-39-42-46-50-54-58-62-66-70-76(81)75(74-80)79-77(82)71-67-63-59-55-51-47-43-40-37-35-33-31-29-27-25-23-22-24-26-28-30-32-34-36-38-41-45-49-53-57-61-65-69-73-84-78(83)72-68-64-60-56-52-48-44-20-18-16-14-12-10-8-6-4-2/h14,16,20,26,28,44,66,70,75-76,80-81H,3-13,15,17-19,21-25,27,29-43,45-65,67-69,71-74H2,1-2H3,(H,79,82)/b16-14-,28-26-,44-20-,70-66+. The lowest BCUT2D eigenvalue weighted by Crippen LogP contribution is -2.45. The Morgan fingerprint density at radius 2 is 0.595 bits per heavy atom. The number of nitrogens with one attached hydrogen (secondary N) is 1. The first kappa shape index (κ1) is 81.8. The van der Waals surface area contributed by atoms with E-state index in [2.05, 4.69) is 55.6 Å². The van der Waals surface area contributed by atoms with Gasteiger partial charge in [0.1, 0.15) is 0 Å². The lowest BCUT2D eigenvalue weighted by atomic mass is 10.0. The minimum Gasteiger partial charge on any atom is -0.466 e. The highest BCUT2D eigenvalue weighted by atomic mass is 16.5. The molecule has 0 aromatic carbocycles. The zero-order valence-corrected chi connectivity index (χ0v) is 56.6. The van der Waals surface area contributed by atoms with E-state index < -0.39 is 12.1 Å². The summed E-state index contributed by atoms with van der Waals surface area (Å²) in [4.78, 5) is 24.6. The molecule has 0 aromatic heterocycles. The third kappa shape index (κ3) is 68.9. The van der Waals surface area contributed by atoms with Crippen molar-refractivity contribution in [3.8, 4) is 0 Å². The van der Waals surface area contributed by atoms with Crippen LogP contribution in [0.2, 0.25) is 0 Å². The molecule has 0 aliphatic carbocycles. The van der Waals surface area contributed by atoms with E-state index in [1.165, 1.54) is 334 Å². The van der Waals surface area contributed by atoms with Gasteiger partial charge in [-0.25, -0.2) is 0 Å². The second-order valence-corrected chi connectivity index (χ2v) is 26.0. The molecular formula is C78H147NO5. The monoisotopic (exact) mass is 1180 g/mol. The van der Waals surface area contributed by atoms with Gasteiger partial charge in [0, 0.05) is 12.8 Å². The van der Waals surface area contributed by atoms with Crippen LogP contribution in [-0.2, 0) is 14.3 Å². The van der Waals surface area contributed by atoms with Gasteiger partial charge in [-0.05, 0) is 89.9 Å². The summed E-state index contributed by atoms with van der Waals surface area (Å²) < 4.78 is 5.49. The van der Waals surface area contributed by atoms with E-state index in [1.807, 2.05) is 6.08 Å². The third-order valence-corrected chi connectivity index (χ3v) is 17.6. The van der Waals surface area contributed by atoms with Gasteiger partial charge in [0.05, 0.1) is 25.4 Å². The summed E-state index contributed by atoms with van der Waals surface area (Å²) in [6.45, 7) is 4.92. The summed E-state index contributed by atoms with van der Waals surface area (Å²) in [6, 6.07) is -0.627. The first-order valence-corrected chi connectivity index (χ1v) is 37.9. The number of esters is 1. The molecule has 0 aliphatic heterocycles. The number of aliphatic hydroxyl groups excluding tert-OH is 2. The second kappa shape index (κ2) is 73.3. The smallest absolute Gasteiger partial charge is 0.305 e. The highest BCUT2D eigenvalue weighted by molar-refractivity contribution is 5.76. The summed E-state index contributed by atoms with van der Waals surface area (Å²) in [5, 5.41) is 23.2. The van der Waals surface area contributed by atoms with E-state index in [1.54, 1.807) is 6.08 Å². The fourth-order valence-electron chi connectivity index (χ4n) is 11.8. The largest absolute Gasteiger partial charge is 0.466 e. The molecule has 0 heterocycles. The van der Waals surface area contributed by atoms with Crippen molar-refractivity contribution in [1.82, 2.24) is 5.32 Å². The van der Waals surface area contributed by atoms with Crippen LogP contribution in [0.5, 0.6) is 0 Å². The molecule has 0 bridgehead atoms. The number of rotatable bonds is 71. The predicted molar refractivity (Wildman–Crippen MR) is 370 cm³/mol. The summed E-state index contributed by atoms with van der Waals surface area (Å²) in [6.07, 6.45) is 96.4. The summed E-state index contributed by atoms with van der Waals surface area (Å²) in [7, 11) is 0. The Balaban J connectivity index is 3.37. The van der Waals surface area contributed by atoms with Crippen LogP contribution in [-0.4, -0.2) is 47.4 Å². The molecule has 0 saturated heterocycles. The van der Waals surface area contributed by atoms with E-state index in [0.29, 0.717) is 19.4 Å². The molecule has 0 saturated carbocycles. The molecule has 0 aromatic rings. The highest BCUT2D eigenvalue weighted by Crippen LogP contribution is 2.19. The molecule has 0 rings (SSSR count). The van der Waals surface area contributed by atoms with Gasteiger partial charge in [-0.1, -0.05) is 358 Å². The van der Waals surface area contributed by atoms with Crippen LogP contribution in [0.1, 0.15) is 412 Å². The number of carbonyl (C=O) groups excluding carboxylic acids is 2. The van der Waals surface area contributed by atoms with Gasteiger partial charge in [0.15, 0.2) is 0 Å². The number of allylic oxidation sites excluding steroid dienone is 7. The summed E-state index contributed by atoms with van der Waals surface area (Å²) in [5.74, 6) is -0.0566. The zero-order valence-electron chi connectivity index (χ0n) is 56.6. The lowest BCUT2D eigenvalue weighted by Gasteiger charge is -2.20. The maximum atomic E-state index is 12.5. The second-order valence-electron chi connectivity index (χ2n) is 26.0. The Morgan fingerprint density at radius 1 is 0.333 bits per heavy atom. The van der Waals surface area contributed by atoms with Gasteiger partial charge < -0.3 is 20.3 Å². The Kier molecular flexibility index (Phi) is 71.4. The minimum absolute atomic E-state index is 0.00522. The molecule has 3 N–H and O–H groups in total. The highest BCUT2D eigenvalue weighted by Gasteiger charge is 2.18. The number of hydrogen-bond acceptors (Lipinski definition) is 5. The van der Waals surface area contributed by atoms with Crippen molar-refractivity contribution in [3.63, 3.8) is 0 Å². The molecular weight excluding hydrogens is 1030 g/mol. The van der Waals surface area contributed by atoms with Gasteiger partial charge in [0.25, 0.3) is 0 Å². The first-order chi connectivity index (χ1) is 41.5. The molecule has 0 radical (unpaired) electrons. The topological polar surface area (TPSA) is 95.9 Å². The fourth-order valence-corrected chi connectivity index (χ4v) is 11.8. The van der Waals surface area contributed by atoms with E-state index in [0.717, 1.165) is 51.4 Å². The van der Waals surface area contributed by atoms with Crippen molar-refractivity contribution >= 4 is 11.9 Å². The van der Waals surface area contributed by atoms with Crippen LogP contribution >= 0.6 is 0 Å². The van der Waals surface area contributed by atoms with Crippen molar-refractivity contribution in [3.05, 3.63) is 48.6 Å². The van der Waals surface area contributed by atoms with Crippen molar-refractivity contribution in [2.24, 2.45) is 0 Å². The summed E-state index contributed by atoms with van der Waals surface area (Å²) >= 11 is 0.